The molecule has 1 saturated heterocycles. The van der Waals surface area contributed by atoms with Crippen LogP contribution in [0, 0.1) is 12.8 Å². The quantitative estimate of drug-likeness (QED) is 0.443. The molecule has 35 heavy (non-hydrogen) atoms. The Kier molecular flexibility index (Phi) is 6.51. The maximum absolute atomic E-state index is 13.7. The molecular weight excluding hydrogens is 462 g/mol. The highest BCUT2D eigenvalue weighted by molar-refractivity contribution is 6.33. The number of rotatable bonds is 5. The van der Waals surface area contributed by atoms with Gasteiger partial charge in [-0.15, -0.1) is 0 Å². The molecule has 2 aromatic heterocycles. The van der Waals surface area contributed by atoms with Gasteiger partial charge in [-0.2, -0.15) is 0 Å². The van der Waals surface area contributed by atoms with Crippen molar-refractivity contribution >= 4 is 40.2 Å². The van der Waals surface area contributed by atoms with Crippen LogP contribution in [0.1, 0.15) is 24.0 Å². The number of hydrogen-bond donors (Lipinski definition) is 1. The van der Waals surface area contributed by atoms with Crippen molar-refractivity contribution in [3.63, 3.8) is 0 Å². The van der Waals surface area contributed by atoms with Crippen LogP contribution in [-0.4, -0.2) is 33.5 Å². The standard InChI is InChI=1S/C27H26ClN5O2/c1-18-10-12-19(13-11-18)16-33-24-23(9-4-14-29-24)30-25(27(33)35)32-15-5-6-20(17-32)26(34)31-22-8-3-2-7-21(22)28/h2-4,7-14,20H,5-6,15-17H2,1H3,(H,31,34)/t20-/m1/s1. The summed E-state index contributed by atoms with van der Waals surface area (Å²) in [5.74, 6) is -0.0329. The van der Waals surface area contributed by atoms with Crippen LogP contribution in [0.4, 0.5) is 11.5 Å². The Morgan fingerprint density at radius 3 is 2.71 bits per heavy atom. The van der Waals surface area contributed by atoms with Crippen molar-refractivity contribution in [3.8, 4) is 0 Å². The average Bonchev–Trinajstić information content (AvgIpc) is 2.88. The van der Waals surface area contributed by atoms with Crippen LogP contribution in [0.25, 0.3) is 11.2 Å². The number of carbonyl (C=O) groups is 1. The van der Waals surface area contributed by atoms with E-state index in [0.29, 0.717) is 47.3 Å². The number of pyridine rings is 1. The SMILES string of the molecule is Cc1ccc(Cn2c(=O)c(N3CCC[C@@H](C(=O)Nc4ccccc4Cl)C3)nc3cccnc32)cc1. The Morgan fingerprint density at radius 2 is 1.91 bits per heavy atom. The van der Waals surface area contributed by atoms with Crippen molar-refractivity contribution in [2.75, 3.05) is 23.3 Å². The minimum atomic E-state index is -0.281. The second-order valence-corrected chi connectivity index (χ2v) is 9.32. The summed E-state index contributed by atoms with van der Waals surface area (Å²) in [5.41, 5.74) is 3.76. The molecule has 0 saturated carbocycles. The van der Waals surface area contributed by atoms with Gasteiger partial charge in [0.15, 0.2) is 11.5 Å². The van der Waals surface area contributed by atoms with E-state index in [2.05, 4.69) is 15.3 Å². The molecule has 1 aliphatic heterocycles. The van der Waals surface area contributed by atoms with E-state index in [1.807, 2.05) is 60.4 Å². The van der Waals surface area contributed by atoms with E-state index in [1.165, 1.54) is 0 Å². The molecule has 1 amide bonds. The largest absolute Gasteiger partial charge is 0.351 e. The fraction of sp³-hybridized carbons (Fsp3) is 0.259. The van der Waals surface area contributed by atoms with E-state index < -0.39 is 0 Å². The summed E-state index contributed by atoms with van der Waals surface area (Å²) in [6.45, 7) is 3.50. The molecule has 0 unspecified atom stereocenters. The fourth-order valence-electron chi connectivity index (χ4n) is 4.47. The third kappa shape index (κ3) is 4.91. The fourth-order valence-corrected chi connectivity index (χ4v) is 4.66. The van der Waals surface area contributed by atoms with Crippen LogP contribution in [0.2, 0.25) is 5.02 Å². The molecule has 0 radical (unpaired) electrons. The van der Waals surface area contributed by atoms with Crippen LogP contribution >= 0.6 is 11.6 Å². The summed E-state index contributed by atoms with van der Waals surface area (Å²) in [5, 5.41) is 3.43. The number of para-hydroxylation sites is 1. The molecule has 5 rings (SSSR count). The van der Waals surface area contributed by atoms with Crippen molar-refractivity contribution in [3.05, 3.63) is 93.4 Å². The summed E-state index contributed by atoms with van der Waals surface area (Å²) in [6, 6.07) is 19.0. The summed E-state index contributed by atoms with van der Waals surface area (Å²) < 4.78 is 1.68. The van der Waals surface area contributed by atoms with Crippen molar-refractivity contribution in [2.24, 2.45) is 5.92 Å². The lowest BCUT2D eigenvalue weighted by atomic mass is 9.97. The number of amides is 1. The second-order valence-electron chi connectivity index (χ2n) is 8.91. The number of carbonyl (C=O) groups excluding carboxylic acids is 1. The third-order valence-electron chi connectivity index (χ3n) is 6.37. The minimum Gasteiger partial charge on any atom is -0.351 e. The lowest BCUT2D eigenvalue weighted by Crippen LogP contribution is -2.44. The predicted molar refractivity (Wildman–Crippen MR) is 139 cm³/mol. The molecule has 1 fully saturated rings. The molecule has 8 heteroatoms. The first-order chi connectivity index (χ1) is 17.0. The van der Waals surface area contributed by atoms with Crippen molar-refractivity contribution in [2.45, 2.75) is 26.3 Å². The second kappa shape index (κ2) is 9.88. The van der Waals surface area contributed by atoms with Crippen LogP contribution < -0.4 is 15.8 Å². The number of aryl methyl sites for hydroxylation is 1. The maximum atomic E-state index is 13.7. The van der Waals surface area contributed by atoms with Crippen LogP contribution in [0.3, 0.4) is 0 Å². The Balaban J connectivity index is 1.45. The summed E-state index contributed by atoms with van der Waals surface area (Å²) in [4.78, 5) is 37.7. The van der Waals surface area contributed by atoms with Crippen LogP contribution in [-0.2, 0) is 11.3 Å². The van der Waals surface area contributed by atoms with Gasteiger partial charge >= 0.3 is 0 Å². The Morgan fingerprint density at radius 1 is 1.11 bits per heavy atom. The topological polar surface area (TPSA) is 80.1 Å². The van der Waals surface area contributed by atoms with Crippen LogP contribution in [0.15, 0.2) is 71.7 Å². The molecule has 7 nitrogen and oxygen atoms in total. The first kappa shape index (κ1) is 23.1. The molecule has 0 spiro atoms. The maximum Gasteiger partial charge on any atom is 0.295 e. The molecule has 3 heterocycles. The number of nitrogens with zero attached hydrogens (tertiary/aromatic N) is 4. The highest BCUT2D eigenvalue weighted by Gasteiger charge is 2.29. The highest BCUT2D eigenvalue weighted by Crippen LogP contribution is 2.25. The van der Waals surface area contributed by atoms with E-state index >= 15 is 0 Å². The van der Waals surface area contributed by atoms with Gasteiger partial charge < -0.3 is 10.2 Å². The molecule has 1 aliphatic rings. The molecule has 178 valence electrons. The van der Waals surface area contributed by atoms with E-state index in [9.17, 15) is 9.59 Å². The first-order valence-corrected chi connectivity index (χ1v) is 12.1. The number of benzene rings is 2. The van der Waals surface area contributed by atoms with Gasteiger partial charge in [0.2, 0.25) is 5.91 Å². The van der Waals surface area contributed by atoms with Gasteiger partial charge in [0.05, 0.1) is 23.2 Å². The molecule has 0 bridgehead atoms. The summed E-state index contributed by atoms with van der Waals surface area (Å²) >= 11 is 6.22. The zero-order chi connectivity index (χ0) is 24.4. The smallest absolute Gasteiger partial charge is 0.295 e. The molecule has 1 N–H and O–H groups in total. The minimum absolute atomic E-state index is 0.106. The Bertz CT molecular complexity index is 1430. The van der Waals surface area contributed by atoms with Gasteiger partial charge in [-0.05, 0) is 49.6 Å². The van der Waals surface area contributed by atoms with Gasteiger partial charge in [0.1, 0.15) is 5.52 Å². The van der Waals surface area contributed by atoms with Crippen molar-refractivity contribution in [1.82, 2.24) is 14.5 Å². The monoisotopic (exact) mass is 487 g/mol. The van der Waals surface area contributed by atoms with Crippen molar-refractivity contribution in [1.29, 1.82) is 0 Å². The average molecular weight is 488 g/mol. The first-order valence-electron chi connectivity index (χ1n) is 11.7. The van der Waals surface area contributed by atoms with Gasteiger partial charge in [-0.25, -0.2) is 9.97 Å². The van der Waals surface area contributed by atoms with Gasteiger partial charge in [-0.1, -0.05) is 53.6 Å². The zero-order valence-corrected chi connectivity index (χ0v) is 20.2. The number of anilines is 2. The van der Waals surface area contributed by atoms with E-state index in [1.54, 1.807) is 22.9 Å². The molecule has 4 aromatic rings. The molecular formula is C27H26ClN5O2. The number of hydrogen-bond acceptors (Lipinski definition) is 5. The highest BCUT2D eigenvalue weighted by atomic mass is 35.5. The number of fused-ring (bicyclic) bond motifs is 1. The summed E-state index contributed by atoms with van der Waals surface area (Å²) in [6.07, 6.45) is 3.19. The van der Waals surface area contributed by atoms with Crippen molar-refractivity contribution < 1.29 is 4.79 Å². The molecule has 2 aromatic carbocycles. The van der Waals surface area contributed by atoms with E-state index in [4.69, 9.17) is 11.6 Å². The lowest BCUT2D eigenvalue weighted by Gasteiger charge is -2.32. The summed E-state index contributed by atoms with van der Waals surface area (Å²) in [7, 11) is 0. The normalized spacial score (nSPS) is 15.8. The Labute approximate surface area is 208 Å². The predicted octanol–water partition coefficient (Wildman–Crippen LogP) is 4.66. The van der Waals surface area contributed by atoms with E-state index in [0.717, 1.165) is 24.0 Å². The van der Waals surface area contributed by atoms with Gasteiger partial charge in [0.25, 0.3) is 5.56 Å². The third-order valence-corrected chi connectivity index (χ3v) is 6.70. The van der Waals surface area contributed by atoms with Crippen LogP contribution in [0.5, 0.6) is 0 Å². The molecule has 1 atom stereocenters. The number of halogens is 1. The molecule has 0 aliphatic carbocycles. The number of aromatic nitrogens is 3. The Hall–Kier alpha value is -3.71. The lowest BCUT2D eigenvalue weighted by molar-refractivity contribution is -0.120. The van der Waals surface area contributed by atoms with E-state index in [-0.39, 0.29) is 17.4 Å². The number of nitrogens with one attached hydrogen (secondary N) is 1. The van der Waals surface area contributed by atoms with Gasteiger partial charge in [-0.3, -0.25) is 14.2 Å². The van der Waals surface area contributed by atoms with Gasteiger partial charge in [0, 0.05) is 19.3 Å². The number of piperidine rings is 1. The zero-order valence-electron chi connectivity index (χ0n) is 19.4.